The lowest BCUT2D eigenvalue weighted by molar-refractivity contribution is -0.665. The second kappa shape index (κ2) is 9.46. The molecule has 35 heavy (non-hydrogen) atoms. The Kier molecular flexibility index (Phi) is 6.67. The van der Waals surface area contributed by atoms with Crippen LogP contribution in [0.1, 0.15) is 56.7 Å². The second-order valence-electron chi connectivity index (χ2n) is 10.5. The molecule has 0 radical (unpaired) electrons. The zero-order valence-electron chi connectivity index (χ0n) is 21.5. The minimum Gasteiger partial charge on any atom is -0.335 e. The van der Waals surface area contributed by atoms with Crippen molar-refractivity contribution in [1.29, 1.82) is 0 Å². The molecule has 5 rings (SSSR count). The summed E-state index contributed by atoms with van der Waals surface area (Å²) in [4.78, 5) is 3.76. The van der Waals surface area contributed by atoms with E-state index in [1.165, 1.54) is 53.1 Å². The zero-order chi connectivity index (χ0) is 24.9. The van der Waals surface area contributed by atoms with Gasteiger partial charge in [0.05, 0.1) is 10.7 Å². The van der Waals surface area contributed by atoms with Crippen molar-refractivity contribution in [3.63, 3.8) is 0 Å². The van der Waals surface area contributed by atoms with E-state index >= 15 is 0 Å². The molecule has 1 aromatic heterocycles. The number of allylic oxidation sites excluding steroid dienone is 4. The van der Waals surface area contributed by atoms with Gasteiger partial charge in [0.2, 0.25) is 5.52 Å². The van der Waals surface area contributed by atoms with Gasteiger partial charge >= 0.3 is 0 Å². The molecule has 1 aliphatic heterocycles. The van der Waals surface area contributed by atoms with Crippen LogP contribution >= 0.6 is 34.7 Å². The minimum atomic E-state index is 0.157. The Morgan fingerprint density at radius 2 is 1.77 bits per heavy atom. The molecule has 3 aromatic rings. The Bertz CT molecular complexity index is 1410. The molecule has 0 saturated carbocycles. The van der Waals surface area contributed by atoms with Crippen molar-refractivity contribution < 1.29 is 4.57 Å². The van der Waals surface area contributed by atoms with Crippen molar-refractivity contribution in [1.82, 2.24) is 0 Å². The molecule has 0 saturated heterocycles. The van der Waals surface area contributed by atoms with E-state index in [2.05, 4.69) is 99.6 Å². The smallest absolute Gasteiger partial charge is 0.263 e. The standard InChI is InChI=1S/C30H34ClN2S2/c1-7-32-23-11-9-19(3)13-25(23)34-27(32)15-21-17-30(5,6)18-22(29(21)31)16-28-33(8-2)24-12-10-20(4)14-26(24)35-28/h9-16H,7-8,17-18H2,1-6H3/q+1. The summed E-state index contributed by atoms with van der Waals surface area (Å²) in [5, 5.41) is 3.48. The molecule has 2 aromatic carbocycles. The molecule has 2 nitrogen and oxygen atoms in total. The number of fused-ring (bicyclic) bond motifs is 2. The molecule has 2 heterocycles. The number of aromatic nitrogens is 1. The summed E-state index contributed by atoms with van der Waals surface area (Å²) in [5.41, 5.74) is 7.88. The summed E-state index contributed by atoms with van der Waals surface area (Å²) >= 11 is 10.9. The fraction of sp³-hybridized carbons (Fsp3) is 0.367. The Morgan fingerprint density at radius 3 is 2.51 bits per heavy atom. The van der Waals surface area contributed by atoms with Crippen LogP contribution in [0.15, 0.2) is 68.6 Å². The monoisotopic (exact) mass is 521 g/mol. The van der Waals surface area contributed by atoms with Crippen LogP contribution < -0.4 is 9.47 Å². The van der Waals surface area contributed by atoms with E-state index in [-0.39, 0.29) is 5.41 Å². The van der Waals surface area contributed by atoms with E-state index in [1.54, 1.807) is 0 Å². The third-order valence-electron chi connectivity index (χ3n) is 6.90. The van der Waals surface area contributed by atoms with Gasteiger partial charge in [0.1, 0.15) is 11.2 Å². The first-order valence-electron chi connectivity index (χ1n) is 12.5. The first-order chi connectivity index (χ1) is 16.7. The number of benzene rings is 2. The number of hydrogen-bond donors (Lipinski definition) is 0. The third-order valence-corrected chi connectivity index (χ3v) is 9.58. The van der Waals surface area contributed by atoms with Gasteiger partial charge in [-0.15, -0.1) is 0 Å². The van der Waals surface area contributed by atoms with Crippen LogP contribution in [0.25, 0.3) is 16.3 Å². The number of thioether (sulfide) groups is 1. The molecule has 0 bridgehead atoms. The van der Waals surface area contributed by atoms with Gasteiger partial charge in [-0.1, -0.05) is 60.7 Å². The minimum absolute atomic E-state index is 0.157. The van der Waals surface area contributed by atoms with Crippen molar-refractivity contribution in [2.45, 2.75) is 65.8 Å². The van der Waals surface area contributed by atoms with Gasteiger partial charge in [-0.05, 0) is 92.5 Å². The van der Waals surface area contributed by atoms with Gasteiger partial charge in [-0.25, -0.2) is 0 Å². The summed E-state index contributed by atoms with van der Waals surface area (Å²) in [5.74, 6) is 0. The lowest BCUT2D eigenvalue weighted by Crippen LogP contribution is -2.33. The Morgan fingerprint density at radius 1 is 1.03 bits per heavy atom. The van der Waals surface area contributed by atoms with Crippen LogP contribution in [0.2, 0.25) is 0 Å². The first kappa shape index (κ1) is 24.7. The van der Waals surface area contributed by atoms with Crippen LogP contribution in [-0.4, -0.2) is 6.54 Å². The summed E-state index contributed by atoms with van der Waals surface area (Å²) in [6.07, 6.45) is 6.67. The van der Waals surface area contributed by atoms with Gasteiger partial charge in [-0.2, -0.15) is 4.57 Å². The van der Waals surface area contributed by atoms with Gasteiger partial charge < -0.3 is 4.90 Å². The van der Waals surface area contributed by atoms with E-state index in [9.17, 15) is 0 Å². The number of nitrogens with zero attached hydrogens (tertiary/aromatic N) is 2. The number of anilines is 1. The average Bonchev–Trinajstić information content (AvgIpc) is 3.31. The topological polar surface area (TPSA) is 7.12 Å². The SMILES string of the molecule is CCN1C(=CC2=C(Cl)C(=Cc3sc4cc(C)ccc4[n+]3CC)CC(C)(C)C2)Sc2cc(C)ccc21. The number of rotatable bonds is 4. The summed E-state index contributed by atoms with van der Waals surface area (Å²) < 4.78 is 3.76. The van der Waals surface area contributed by atoms with E-state index in [0.29, 0.717) is 0 Å². The lowest BCUT2D eigenvalue weighted by Gasteiger charge is -2.32. The fourth-order valence-electron chi connectivity index (χ4n) is 5.27. The Hall–Kier alpha value is -2.01. The third kappa shape index (κ3) is 4.73. The maximum Gasteiger partial charge on any atom is 0.263 e. The number of aryl methyl sites for hydroxylation is 3. The highest BCUT2D eigenvalue weighted by Crippen LogP contribution is 2.49. The summed E-state index contributed by atoms with van der Waals surface area (Å²) in [6.45, 7) is 15.4. The maximum absolute atomic E-state index is 7.19. The highest BCUT2D eigenvalue weighted by Gasteiger charge is 2.32. The number of hydrogen-bond acceptors (Lipinski definition) is 3. The van der Waals surface area contributed by atoms with Gasteiger partial charge in [-0.3, -0.25) is 0 Å². The van der Waals surface area contributed by atoms with Crippen LogP contribution in [0, 0.1) is 19.3 Å². The van der Waals surface area contributed by atoms with E-state index in [4.69, 9.17) is 11.6 Å². The van der Waals surface area contributed by atoms with Crippen LogP contribution in [0.4, 0.5) is 5.69 Å². The molecule has 0 spiro atoms. The van der Waals surface area contributed by atoms with Crippen molar-refractivity contribution >= 4 is 56.7 Å². The maximum atomic E-state index is 7.19. The van der Waals surface area contributed by atoms with Crippen LogP contribution in [0.5, 0.6) is 0 Å². The molecule has 0 amide bonds. The van der Waals surface area contributed by atoms with Gasteiger partial charge in [0.25, 0.3) is 5.01 Å². The summed E-state index contributed by atoms with van der Waals surface area (Å²) in [6, 6.07) is 13.5. The Labute approximate surface area is 223 Å². The molecule has 182 valence electrons. The molecule has 2 aliphatic rings. The van der Waals surface area contributed by atoms with Gasteiger partial charge in [0, 0.05) is 28.6 Å². The second-order valence-corrected chi connectivity index (χ2v) is 13.0. The normalized spacial score (nSPS) is 19.9. The molecule has 0 N–H and O–H groups in total. The van der Waals surface area contributed by atoms with E-state index in [1.807, 2.05) is 23.1 Å². The summed E-state index contributed by atoms with van der Waals surface area (Å²) in [7, 11) is 0. The highest BCUT2D eigenvalue weighted by molar-refractivity contribution is 8.03. The number of thiazole rings is 1. The predicted molar refractivity (Wildman–Crippen MR) is 154 cm³/mol. The van der Waals surface area contributed by atoms with Crippen molar-refractivity contribution in [3.8, 4) is 0 Å². The number of halogens is 1. The van der Waals surface area contributed by atoms with Crippen LogP contribution in [0.3, 0.4) is 0 Å². The van der Waals surface area contributed by atoms with Crippen molar-refractivity contribution in [2.75, 3.05) is 11.4 Å². The van der Waals surface area contributed by atoms with E-state index < -0.39 is 0 Å². The quantitative estimate of drug-likeness (QED) is 0.316. The van der Waals surface area contributed by atoms with Crippen molar-refractivity contribution in [3.05, 3.63) is 79.8 Å². The van der Waals surface area contributed by atoms with Crippen LogP contribution in [-0.2, 0) is 6.54 Å². The highest BCUT2D eigenvalue weighted by atomic mass is 35.5. The van der Waals surface area contributed by atoms with E-state index in [0.717, 1.165) is 31.0 Å². The van der Waals surface area contributed by atoms with Gasteiger partial charge in [0.15, 0.2) is 0 Å². The molecule has 0 fully saturated rings. The largest absolute Gasteiger partial charge is 0.335 e. The molecular weight excluding hydrogens is 488 g/mol. The molecule has 1 aliphatic carbocycles. The molecule has 0 atom stereocenters. The fourth-order valence-corrected chi connectivity index (χ4v) is 8.10. The Balaban J connectivity index is 1.59. The molecule has 5 heteroatoms. The average molecular weight is 522 g/mol. The lowest BCUT2D eigenvalue weighted by atomic mass is 9.75. The predicted octanol–water partition coefficient (Wildman–Crippen LogP) is 9.00. The first-order valence-corrected chi connectivity index (χ1v) is 14.5. The molecular formula is C30H34ClN2S2+. The molecule has 0 unspecified atom stereocenters. The zero-order valence-corrected chi connectivity index (χ0v) is 23.9. The van der Waals surface area contributed by atoms with Crippen molar-refractivity contribution in [2.24, 2.45) is 5.41 Å².